The van der Waals surface area contributed by atoms with E-state index in [1.165, 1.54) is 18.4 Å². The van der Waals surface area contributed by atoms with Crippen LogP contribution >= 0.6 is 11.3 Å². The number of nitrogens with zero attached hydrogens (tertiary/aromatic N) is 3. The SMILES string of the molecule is COCCn1cncc1CNC(=O)N(Cc1ccsc1)C1CCCC1. The molecule has 0 bridgehead atoms. The van der Waals surface area contributed by atoms with Crippen LogP contribution in [0.4, 0.5) is 4.79 Å². The number of thiophene rings is 1. The van der Waals surface area contributed by atoms with Gasteiger partial charge in [0.2, 0.25) is 0 Å². The molecule has 1 aliphatic rings. The molecule has 2 aromatic heterocycles. The van der Waals surface area contributed by atoms with Gasteiger partial charge >= 0.3 is 6.03 Å². The number of methoxy groups -OCH3 is 1. The van der Waals surface area contributed by atoms with Crippen molar-refractivity contribution in [2.75, 3.05) is 13.7 Å². The van der Waals surface area contributed by atoms with Crippen molar-refractivity contribution in [3.8, 4) is 0 Å². The normalized spacial score (nSPS) is 14.8. The molecule has 1 saturated carbocycles. The summed E-state index contributed by atoms with van der Waals surface area (Å²) in [5, 5.41) is 7.26. The van der Waals surface area contributed by atoms with Crippen LogP contribution in [0.15, 0.2) is 29.4 Å². The fourth-order valence-corrected chi connectivity index (χ4v) is 3.98. The number of aromatic nitrogens is 2. The summed E-state index contributed by atoms with van der Waals surface area (Å²) >= 11 is 1.67. The molecule has 1 N–H and O–H groups in total. The minimum Gasteiger partial charge on any atom is -0.383 e. The highest BCUT2D eigenvalue weighted by Gasteiger charge is 2.26. The highest BCUT2D eigenvalue weighted by molar-refractivity contribution is 7.07. The Hall–Kier alpha value is -1.86. The Bertz CT molecular complexity index is 650. The van der Waals surface area contributed by atoms with E-state index in [1.807, 2.05) is 9.47 Å². The van der Waals surface area contributed by atoms with E-state index in [9.17, 15) is 4.79 Å². The third-order valence-electron chi connectivity index (χ3n) is 4.71. The number of urea groups is 1. The summed E-state index contributed by atoms with van der Waals surface area (Å²) in [6.07, 6.45) is 8.20. The first-order valence-corrected chi connectivity index (χ1v) is 9.75. The lowest BCUT2D eigenvalue weighted by atomic mass is 10.2. The Morgan fingerprint density at radius 3 is 3.04 bits per heavy atom. The first kappa shape index (κ1) is 17.9. The molecular formula is C18H26N4O2S. The number of ether oxygens (including phenoxy) is 1. The highest BCUT2D eigenvalue weighted by Crippen LogP contribution is 2.25. The van der Waals surface area contributed by atoms with Crippen LogP contribution in [0.1, 0.15) is 36.9 Å². The topological polar surface area (TPSA) is 59.4 Å². The molecule has 1 aliphatic carbocycles. The van der Waals surface area contributed by atoms with E-state index < -0.39 is 0 Å². The minimum atomic E-state index is 0.0117. The van der Waals surface area contributed by atoms with Crippen molar-refractivity contribution >= 4 is 17.4 Å². The molecule has 0 atom stereocenters. The van der Waals surface area contributed by atoms with Gasteiger partial charge in [0.25, 0.3) is 0 Å². The van der Waals surface area contributed by atoms with Gasteiger partial charge in [0.1, 0.15) is 0 Å². The molecule has 0 aromatic carbocycles. The number of imidazole rings is 1. The van der Waals surface area contributed by atoms with Gasteiger partial charge in [-0.05, 0) is 35.2 Å². The Balaban J connectivity index is 1.61. The van der Waals surface area contributed by atoms with E-state index in [4.69, 9.17) is 4.74 Å². The summed E-state index contributed by atoms with van der Waals surface area (Å²) in [5.41, 5.74) is 2.20. The van der Waals surface area contributed by atoms with Crippen LogP contribution in [0.25, 0.3) is 0 Å². The molecule has 0 radical (unpaired) electrons. The fourth-order valence-electron chi connectivity index (χ4n) is 3.32. The largest absolute Gasteiger partial charge is 0.383 e. The molecule has 2 amide bonds. The second-order valence-electron chi connectivity index (χ2n) is 6.43. The van der Waals surface area contributed by atoms with Crippen LogP contribution in [-0.2, 0) is 24.4 Å². The van der Waals surface area contributed by atoms with Crippen molar-refractivity contribution in [1.82, 2.24) is 19.8 Å². The van der Waals surface area contributed by atoms with Crippen LogP contribution in [0, 0.1) is 0 Å². The second-order valence-corrected chi connectivity index (χ2v) is 7.21. The first-order valence-electron chi connectivity index (χ1n) is 8.81. The van der Waals surface area contributed by atoms with Crippen molar-refractivity contribution in [3.05, 3.63) is 40.6 Å². The van der Waals surface area contributed by atoms with Crippen molar-refractivity contribution < 1.29 is 9.53 Å². The molecule has 2 aromatic rings. The Morgan fingerprint density at radius 2 is 2.32 bits per heavy atom. The zero-order valence-corrected chi connectivity index (χ0v) is 15.5. The summed E-state index contributed by atoms with van der Waals surface area (Å²) in [7, 11) is 1.68. The van der Waals surface area contributed by atoms with Crippen LogP contribution in [0.2, 0.25) is 0 Å². The third kappa shape index (κ3) is 4.83. The molecule has 136 valence electrons. The van der Waals surface area contributed by atoms with Gasteiger partial charge in [0.15, 0.2) is 0 Å². The van der Waals surface area contributed by atoms with Gasteiger partial charge in [0.05, 0.1) is 25.2 Å². The predicted octanol–water partition coefficient (Wildman–Crippen LogP) is 3.25. The van der Waals surface area contributed by atoms with Crippen molar-refractivity contribution in [1.29, 1.82) is 0 Å². The average Bonchev–Trinajstić information content (AvgIpc) is 3.38. The maximum Gasteiger partial charge on any atom is 0.318 e. The summed E-state index contributed by atoms with van der Waals surface area (Å²) in [6, 6.07) is 2.45. The molecule has 0 spiro atoms. The highest BCUT2D eigenvalue weighted by atomic mass is 32.1. The van der Waals surface area contributed by atoms with Gasteiger partial charge in [0, 0.05) is 32.4 Å². The number of rotatable bonds is 8. The molecule has 6 nitrogen and oxygen atoms in total. The maximum atomic E-state index is 12.8. The van der Waals surface area contributed by atoms with Gasteiger partial charge in [-0.15, -0.1) is 0 Å². The van der Waals surface area contributed by atoms with Crippen molar-refractivity contribution in [2.45, 2.75) is 51.4 Å². The molecule has 0 unspecified atom stereocenters. The van der Waals surface area contributed by atoms with Gasteiger partial charge in [-0.1, -0.05) is 12.8 Å². The van der Waals surface area contributed by atoms with E-state index >= 15 is 0 Å². The molecule has 0 saturated heterocycles. The van der Waals surface area contributed by atoms with E-state index in [0.29, 0.717) is 25.7 Å². The van der Waals surface area contributed by atoms with Crippen LogP contribution in [0.3, 0.4) is 0 Å². The molecule has 1 fully saturated rings. The minimum absolute atomic E-state index is 0.0117. The predicted molar refractivity (Wildman–Crippen MR) is 98.5 cm³/mol. The first-order chi connectivity index (χ1) is 12.3. The standard InChI is InChI=1S/C18H26N4O2S/c1-24-8-7-21-14-19-10-17(21)11-20-18(23)22(16-4-2-3-5-16)12-15-6-9-25-13-15/h6,9-10,13-14,16H,2-5,7-8,11-12H2,1H3,(H,20,23). The molecular weight excluding hydrogens is 336 g/mol. The second kappa shape index (κ2) is 9.01. The fraction of sp³-hybridized carbons (Fsp3) is 0.556. The summed E-state index contributed by atoms with van der Waals surface area (Å²) in [5.74, 6) is 0. The van der Waals surface area contributed by atoms with E-state index in [1.54, 1.807) is 31.0 Å². The Morgan fingerprint density at radius 1 is 1.48 bits per heavy atom. The van der Waals surface area contributed by atoms with Crippen LogP contribution < -0.4 is 5.32 Å². The zero-order valence-electron chi connectivity index (χ0n) is 14.7. The number of hydrogen-bond donors (Lipinski definition) is 1. The molecule has 25 heavy (non-hydrogen) atoms. The summed E-state index contributed by atoms with van der Waals surface area (Å²) in [6.45, 7) is 2.53. The lowest BCUT2D eigenvalue weighted by molar-refractivity contribution is 0.170. The van der Waals surface area contributed by atoms with Crippen LogP contribution in [-0.4, -0.2) is 40.2 Å². The number of hydrogen-bond acceptors (Lipinski definition) is 4. The lowest BCUT2D eigenvalue weighted by Crippen LogP contribution is -2.44. The van der Waals surface area contributed by atoms with E-state index in [-0.39, 0.29) is 6.03 Å². The number of nitrogens with one attached hydrogen (secondary N) is 1. The van der Waals surface area contributed by atoms with Gasteiger partial charge in [-0.3, -0.25) is 0 Å². The van der Waals surface area contributed by atoms with Crippen LogP contribution in [0.5, 0.6) is 0 Å². The zero-order chi connectivity index (χ0) is 17.5. The van der Waals surface area contributed by atoms with Gasteiger partial charge in [-0.25, -0.2) is 9.78 Å². The molecule has 3 rings (SSSR count). The van der Waals surface area contributed by atoms with E-state index in [0.717, 1.165) is 25.1 Å². The smallest absolute Gasteiger partial charge is 0.318 e. The van der Waals surface area contributed by atoms with Gasteiger partial charge < -0.3 is 19.5 Å². The third-order valence-corrected chi connectivity index (χ3v) is 5.45. The van der Waals surface area contributed by atoms with E-state index in [2.05, 4.69) is 27.1 Å². The van der Waals surface area contributed by atoms with Crippen molar-refractivity contribution in [3.63, 3.8) is 0 Å². The number of amides is 2. The molecule has 2 heterocycles. The molecule has 0 aliphatic heterocycles. The Kier molecular flexibility index (Phi) is 6.47. The molecule has 7 heteroatoms. The monoisotopic (exact) mass is 362 g/mol. The number of carbonyl (C=O) groups is 1. The summed E-state index contributed by atoms with van der Waals surface area (Å²) < 4.78 is 7.13. The van der Waals surface area contributed by atoms with Crippen molar-refractivity contribution in [2.24, 2.45) is 0 Å². The average molecular weight is 362 g/mol. The summed E-state index contributed by atoms with van der Waals surface area (Å²) in [4.78, 5) is 19.0. The Labute approximate surface area is 152 Å². The van der Waals surface area contributed by atoms with Gasteiger partial charge in [-0.2, -0.15) is 11.3 Å². The lowest BCUT2D eigenvalue weighted by Gasteiger charge is -2.29. The number of carbonyl (C=O) groups excluding carboxylic acids is 1. The quantitative estimate of drug-likeness (QED) is 0.784. The maximum absolute atomic E-state index is 12.8.